The molecule has 0 spiro atoms. The Hall–Kier alpha value is -2.04. The van der Waals surface area contributed by atoms with Crippen LogP contribution in [0.4, 0.5) is 0 Å². The molecular formula is C78H147O24P. The largest absolute Gasteiger partial charge is 0.472 e. The molecule has 1 aliphatic carbocycles. The maximum atomic E-state index is 14.4. The van der Waals surface area contributed by atoms with Gasteiger partial charge in [-0.2, -0.15) is 0 Å². The Bertz CT molecular complexity index is 2150. The van der Waals surface area contributed by atoms with Gasteiger partial charge in [0, 0.05) is 19.3 Å². The number of carbonyl (C=O) groups is 3. The zero-order chi connectivity index (χ0) is 75.6. The van der Waals surface area contributed by atoms with Crippen LogP contribution in [0.5, 0.6) is 0 Å². The molecule has 2 heterocycles. The first-order chi connectivity index (χ1) is 49.6. The van der Waals surface area contributed by atoms with Gasteiger partial charge in [-0.1, -0.05) is 298 Å². The lowest BCUT2D eigenvalue weighted by Gasteiger charge is -2.49. The highest BCUT2D eigenvalue weighted by Gasteiger charge is 2.58. The summed E-state index contributed by atoms with van der Waals surface area (Å²) in [5, 5.41) is 110. The number of phosphoric acid groups is 1. The van der Waals surface area contributed by atoms with Crippen LogP contribution in [-0.4, -0.2) is 204 Å². The van der Waals surface area contributed by atoms with Crippen molar-refractivity contribution in [3.05, 3.63) is 0 Å². The van der Waals surface area contributed by atoms with Crippen LogP contribution in [0.15, 0.2) is 0 Å². The first-order valence-electron chi connectivity index (χ1n) is 41.1. The lowest BCUT2D eigenvalue weighted by Crippen LogP contribution is -2.69. The van der Waals surface area contributed by atoms with E-state index < -0.39 is 156 Å². The van der Waals surface area contributed by atoms with Crippen molar-refractivity contribution in [2.75, 3.05) is 26.4 Å². The van der Waals surface area contributed by atoms with Crippen molar-refractivity contribution < 1.29 is 117 Å². The fourth-order valence-electron chi connectivity index (χ4n) is 14.1. The van der Waals surface area contributed by atoms with E-state index >= 15 is 0 Å². The maximum absolute atomic E-state index is 14.4. The van der Waals surface area contributed by atoms with Crippen molar-refractivity contribution >= 4 is 25.7 Å². The van der Waals surface area contributed by atoms with Crippen molar-refractivity contribution in [2.45, 2.75) is 441 Å². The lowest BCUT2D eigenvalue weighted by molar-refractivity contribution is -0.360. The van der Waals surface area contributed by atoms with Gasteiger partial charge in [0.15, 0.2) is 18.7 Å². The van der Waals surface area contributed by atoms with Crippen molar-refractivity contribution in [1.29, 1.82) is 0 Å². The molecule has 11 N–H and O–H groups in total. The van der Waals surface area contributed by atoms with E-state index in [-0.39, 0.29) is 19.3 Å². The molecule has 3 aliphatic rings. The van der Waals surface area contributed by atoms with Crippen LogP contribution >= 0.6 is 7.82 Å². The number of ether oxygens (including phenoxy) is 7. The molecule has 2 aliphatic heterocycles. The maximum Gasteiger partial charge on any atom is 0.472 e. The molecule has 20 unspecified atom stereocenters. The number of carbonyl (C=O) groups excluding carboxylic acids is 3. The average molecular weight is 1500 g/mol. The molecule has 2 saturated heterocycles. The Labute approximate surface area is 619 Å². The molecule has 0 aromatic heterocycles. The van der Waals surface area contributed by atoms with E-state index in [1.165, 1.54) is 167 Å². The van der Waals surface area contributed by atoms with Crippen molar-refractivity contribution in [3.8, 4) is 0 Å². The van der Waals surface area contributed by atoms with Gasteiger partial charge in [-0.25, -0.2) is 4.57 Å². The predicted octanol–water partition coefficient (Wildman–Crippen LogP) is 12.6. The number of esters is 3. The van der Waals surface area contributed by atoms with Gasteiger partial charge in [0.05, 0.1) is 13.2 Å². The molecule has 103 heavy (non-hydrogen) atoms. The molecule has 608 valence electrons. The van der Waals surface area contributed by atoms with Gasteiger partial charge in [0.1, 0.15) is 98.7 Å². The number of hydrogen-bond acceptors (Lipinski definition) is 23. The highest BCUT2D eigenvalue weighted by atomic mass is 31.2. The Balaban J connectivity index is 1.71. The number of aliphatic hydroxyl groups excluding tert-OH is 10. The number of unbranched alkanes of at least 4 members (excludes halogenated alkanes) is 35. The second-order valence-electron chi connectivity index (χ2n) is 30.4. The van der Waals surface area contributed by atoms with E-state index in [9.17, 15) is 74.9 Å². The van der Waals surface area contributed by atoms with Gasteiger partial charge in [0.2, 0.25) is 0 Å². The van der Waals surface area contributed by atoms with E-state index in [4.69, 9.17) is 42.2 Å². The Morgan fingerprint density at radius 2 is 0.680 bits per heavy atom. The normalized spacial score (nSPS) is 27.5. The summed E-state index contributed by atoms with van der Waals surface area (Å²) < 4.78 is 65.3. The highest BCUT2D eigenvalue weighted by molar-refractivity contribution is 7.47. The summed E-state index contributed by atoms with van der Waals surface area (Å²) in [7, 11) is -5.70. The quantitative estimate of drug-likeness (QED) is 0.0117. The van der Waals surface area contributed by atoms with Crippen LogP contribution in [0.3, 0.4) is 0 Å². The number of aliphatic hydroxyl groups is 10. The summed E-state index contributed by atoms with van der Waals surface area (Å²) >= 11 is 0. The fraction of sp³-hybridized carbons (Fsp3) is 0.962. The molecule has 1 saturated carbocycles. The Kier molecular flexibility index (Phi) is 53.5. The minimum absolute atomic E-state index is 0.0307. The monoisotopic (exact) mass is 1500 g/mol. The molecular weight excluding hydrogens is 1350 g/mol. The minimum atomic E-state index is -5.70. The van der Waals surface area contributed by atoms with Gasteiger partial charge >= 0.3 is 25.7 Å². The second kappa shape index (κ2) is 58.0. The van der Waals surface area contributed by atoms with E-state index in [0.29, 0.717) is 31.1 Å². The van der Waals surface area contributed by atoms with Crippen LogP contribution in [0.1, 0.15) is 336 Å². The van der Waals surface area contributed by atoms with Gasteiger partial charge in [-0.15, -0.1) is 0 Å². The van der Waals surface area contributed by atoms with Crippen LogP contribution in [0, 0.1) is 11.8 Å². The summed E-state index contributed by atoms with van der Waals surface area (Å²) in [6.07, 6.45) is 14.3. The standard InChI is InChI=1S/C78H147O24P/c1-6-9-12-15-18-19-20-21-22-23-24-25-26-27-38-45-52-64(82)97-59(54-94-62(80)50-43-36-30-28-34-41-48-57(4)46-39-32-16-13-10-7-2)55-96-103(92,93)102-76-74(100-77-72(90)67(85)65(83)60(53-79)98-77)70(88)69(87)71(89)75(76)101-78-73(91)68(86)66(84)61(99-78)56-95-63(81)51-44-37-31-29-35-42-49-58(5)47-40-33-17-14-11-8-3/h57-61,65-79,83-91H,6-56H2,1-5H3,(H,92,93). The molecule has 0 amide bonds. The van der Waals surface area contributed by atoms with Crippen LogP contribution in [-0.2, 0) is 61.2 Å². The Morgan fingerprint density at radius 3 is 1.05 bits per heavy atom. The van der Waals surface area contributed by atoms with Crippen LogP contribution < -0.4 is 0 Å². The van der Waals surface area contributed by atoms with Crippen molar-refractivity contribution in [2.24, 2.45) is 11.8 Å². The topological polar surface area (TPSA) is 374 Å². The van der Waals surface area contributed by atoms with Crippen LogP contribution in [0.25, 0.3) is 0 Å². The zero-order valence-electron chi connectivity index (χ0n) is 64.2. The number of rotatable bonds is 64. The van der Waals surface area contributed by atoms with E-state index in [0.717, 1.165) is 96.3 Å². The van der Waals surface area contributed by atoms with Gasteiger partial charge in [-0.05, 0) is 31.1 Å². The molecule has 0 bridgehead atoms. The summed E-state index contributed by atoms with van der Waals surface area (Å²) in [5.41, 5.74) is 0. The third-order valence-electron chi connectivity index (χ3n) is 20.9. The van der Waals surface area contributed by atoms with E-state index in [1.807, 2.05) is 0 Å². The predicted molar refractivity (Wildman–Crippen MR) is 393 cm³/mol. The van der Waals surface area contributed by atoms with E-state index in [1.54, 1.807) is 0 Å². The molecule has 0 radical (unpaired) electrons. The van der Waals surface area contributed by atoms with Crippen molar-refractivity contribution in [3.63, 3.8) is 0 Å². The molecule has 25 heteroatoms. The SMILES string of the molecule is CCCCCCCCCCCCCCCCCCC(=O)OC(COC(=O)CCCCCCCCC(C)CCCCCCCC)COP(=O)(O)OC1C(OC2OC(CO)C(O)C(O)C2O)C(O)C(O)C(O)C1OC1OC(COC(=O)CCCCCCCCC(C)CCCCCCCC)C(O)C(O)C1O. The molecule has 3 fully saturated rings. The van der Waals surface area contributed by atoms with Crippen molar-refractivity contribution in [1.82, 2.24) is 0 Å². The summed E-state index contributed by atoms with van der Waals surface area (Å²) in [6.45, 7) is 8.15. The van der Waals surface area contributed by atoms with E-state index in [2.05, 4.69) is 34.6 Å². The smallest absolute Gasteiger partial charge is 0.463 e. The third kappa shape index (κ3) is 41.0. The number of hydrogen-bond donors (Lipinski definition) is 11. The molecule has 20 atom stereocenters. The summed E-state index contributed by atoms with van der Waals surface area (Å²) in [5.74, 6) is -0.578. The Morgan fingerprint density at radius 1 is 0.369 bits per heavy atom. The summed E-state index contributed by atoms with van der Waals surface area (Å²) in [6, 6.07) is 0. The minimum Gasteiger partial charge on any atom is -0.463 e. The van der Waals surface area contributed by atoms with Gasteiger partial charge in [-0.3, -0.25) is 23.4 Å². The first kappa shape index (κ1) is 95.2. The second-order valence-corrected chi connectivity index (χ2v) is 31.8. The first-order valence-corrected chi connectivity index (χ1v) is 42.6. The zero-order valence-corrected chi connectivity index (χ0v) is 65.1. The molecule has 0 aromatic carbocycles. The molecule has 24 nitrogen and oxygen atoms in total. The fourth-order valence-corrected chi connectivity index (χ4v) is 15.0. The van der Waals surface area contributed by atoms with Gasteiger partial charge in [0.25, 0.3) is 0 Å². The molecule has 0 aromatic rings. The average Bonchev–Trinajstić information content (AvgIpc) is 0.761. The molecule has 3 rings (SSSR count). The number of phosphoric ester groups is 1. The summed E-state index contributed by atoms with van der Waals surface area (Å²) in [4.78, 5) is 51.3. The van der Waals surface area contributed by atoms with Crippen LogP contribution in [0.2, 0.25) is 0 Å². The third-order valence-corrected chi connectivity index (χ3v) is 21.9. The van der Waals surface area contributed by atoms with Gasteiger partial charge < -0.3 is 89.1 Å². The lowest BCUT2D eigenvalue weighted by atomic mass is 9.84. The highest BCUT2D eigenvalue weighted by Crippen LogP contribution is 2.49.